The minimum Gasteiger partial charge on any atom is -0.382 e. The molecule has 1 amide bonds. The molecule has 4 aliphatic rings. The number of carbonyl (C=O) groups is 2. The molecule has 32 heavy (non-hydrogen) atoms. The monoisotopic (exact) mass is 442 g/mol. The number of aliphatic hydroxyl groups is 1. The first kappa shape index (κ1) is 23.7. The smallest absolute Gasteiger partial charge is 0.240 e. The zero-order valence-corrected chi connectivity index (χ0v) is 20.5. The van der Waals surface area contributed by atoms with Gasteiger partial charge in [0.25, 0.3) is 0 Å². The normalized spacial score (nSPS) is 42.0. The molecule has 5 heteroatoms. The topological polar surface area (TPSA) is 78.8 Å². The van der Waals surface area contributed by atoms with Crippen molar-refractivity contribution in [2.45, 2.75) is 110 Å². The standard InChI is InChI=1S/C27H42N2O3/c1-5-6-7-8-24(31)29-28-20-11-14-25(3)19(17-20)9-10-21-22(25)12-15-26(4)23(21)13-16-27(26,32)18(2)30/h17,21-23,32H,5-16H2,1-4H3,(H,29,31)/t21-,22+,23+,25+,26+,27+/m1/s1. The van der Waals surface area contributed by atoms with Crippen LogP contribution in [0.1, 0.15) is 105 Å². The average Bonchev–Trinajstić information content (AvgIpc) is 3.04. The molecule has 3 saturated carbocycles. The first-order valence-corrected chi connectivity index (χ1v) is 13.0. The van der Waals surface area contributed by atoms with E-state index < -0.39 is 5.60 Å². The lowest BCUT2D eigenvalue weighted by Gasteiger charge is -2.59. The van der Waals surface area contributed by atoms with Gasteiger partial charge < -0.3 is 5.11 Å². The number of amides is 1. The zero-order valence-electron chi connectivity index (χ0n) is 20.5. The molecule has 178 valence electrons. The third-order valence-corrected chi connectivity index (χ3v) is 10.0. The molecule has 0 spiro atoms. The molecule has 5 nitrogen and oxygen atoms in total. The lowest BCUT2D eigenvalue weighted by Crippen LogP contribution is -2.57. The van der Waals surface area contributed by atoms with Crippen molar-refractivity contribution in [2.75, 3.05) is 0 Å². The summed E-state index contributed by atoms with van der Waals surface area (Å²) in [5, 5.41) is 15.8. The first-order valence-electron chi connectivity index (χ1n) is 13.0. The van der Waals surface area contributed by atoms with Crippen molar-refractivity contribution in [1.29, 1.82) is 0 Å². The van der Waals surface area contributed by atoms with Gasteiger partial charge in [0, 0.05) is 11.8 Å². The quantitative estimate of drug-likeness (QED) is 0.431. The van der Waals surface area contributed by atoms with Crippen LogP contribution in [0.4, 0.5) is 0 Å². The summed E-state index contributed by atoms with van der Waals surface area (Å²) in [7, 11) is 0. The first-order chi connectivity index (χ1) is 15.2. The second kappa shape index (κ2) is 8.70. The minimum atomic E-state index is -1.14. The van der Waals surface area contributed by atoms with Crippen molar-refractivity contribution >= 4 is 17.4 Å². The summed E-state index contributed by atoms with van der Waals surface area (Å²) in [6.45, 7) is 8.34. The Morgan fingerprint density at radius 2 is 1.84 bits per heavy atom. The molecule has 0 unspecified atom stereocenters. The lowest BCUT2D eigenvalue weighted by atomic mass is 9.46. The number of Topliss-reactive ketones (excluding diaryl/α,β-unsaturated/α-hetero) is 1. The highest BCUT2D eigenvalue weighted by atomic mass is 16.3. The van der Waals surface area contributed by atoms with Gasteiger partial charge in [-0.05, 0) is 94.0 Å². The lowest BCUT2D eigenvalue weighted by molar-refractivity contribution is -0.159. The van der Waals surface area contributed by atoms with E-state index in [-0.39, 0.29) is 22.5 Å². The molecular weight excluding hydrogens is 400 g/mol. The fraction of sp³-hybridized carbons (Fsp3) is 0.815. The molecule has 3 fully saturated rings. The number of unbranched alkanes of at least 4 members (excludes halogenated alkanes) is 2. The van der Waals surface area contributed by atoms with Gasteiger partial charge in [-0.3, -0.25) is 9.59 Å². The van der Waals surface area contributed by atoms with Gasteiger partial charge in [0.05, 0.1) is 5.71 Å². The Labute approximate surface area is 193 Å². The fourth-order valence-corrected chi connectivity index (χ4v) is 7.98. The maximum absolute atomic E-state index is 12.4. The maximum Gasteiger partial charge on any atom is 0.240 e. The molecule has 0 bridgehead atoms. The number of fused-ring (bicyclic) bond motifs is 5. The van der Waals surface area contributed by atoms with E-state index in [0.717, 1.165) is 69.9 Å². The van der Waals surface area contributed by atoms with Crippen LogP contribution in [0.2, 0.25) is 0 Å². The molecule has 0 radical (unpaired) electrons. The predicted octanol–water partition coefficient (Wildman–Crippen LogP) is 5.32. The van der Waals surface area contributed by atoms with E-state index in [1.165, 1.54) is 5.57 Å². The third-order valence-electron chi connectivity index (χ3n) is 10.0. The number of ketones is 1. The van der Waals surface area contributed by atoms with Crippen LogP contribution in [0.5, 0.6) is 0 Å². The van der Waals surface area contributed by atoms with Crippen LogP contribution in [0.3, 0.4) is 0 Å². The average molecular weight is 443 g/mol. The largest absolute Gasteiger partial charge is 0.382 e. The Hall–Kier alpha value is -1.49. The van der Waals surface area contributed by atoms with E-state index in [0.29, 0.717) is 30.6 Å². The molecule has 0 saturated heterocycles. The molecule has 2 N–H and O–H groups in total. The number of hydrogen-bond acceptors (Lipinski definition) is 4. The molecule has 0 aliphatic heterocycles. The van der Waals surface area contributed by atoms with E-state index in [1.807, 2.05) is 0 Å². The number of carbonyl (C=O) groups excluding carboxylic acids is 2. The summed E-state index contributed by atoms with van der Waals surface area (Å²) < 4.78 is 0. The number of rotatable bonds is 6. The van der Waals surface area contributed by atoms with Gasteiger partial charge in [-0.15, -0.1) is 0 Å². The number of nitrogens with one attached hydrogen (secondary N) is 1. The molecular formula is C27H42N2O3. The van der Waals surface area contributed by atoms with Gasteiger partial charge in [0.15, 0.2) is 5.78 Å². The second-order valence-corrected chi connectivity index (χ2v) is 11.5. The van der Waals surface area contributed by atoms with Gasteiger partial charge in [-0.2, -0.15) is 5.10 Å². The van der Waals surface area contributed by atoms with E-state index in [2.05, 4.69) is 37.4 Å². The van der Waals surface area contributed by atoms with E-state index in [4.69, 9.17) is 0 Å². The Morgan fingerprint density at radius 1 is 1.09 bits per heavy atom. The van der Waals surface area contributed by atoms with Crippen molar-refractivity contribution < 1.29 is 14.7 Å². The fourth-order valence-electron chi connectivity index (χ4n) is 7.98. The number of hydrazone groups is 1. The molecule has 6 atom stereocenters. The van der Waals surface area contributed by atoms with Crippen LogP contribution in [0, 0.1) is 28.6 Å². The van der Waals surface area contributed by atoms with Gasteiger partial charge >= 0.3 is 0 Å². The summed E-state index contributed by atoms with van der Waals surface area (Å²) >= 11 is 0. The Morgan fingerprint density at radius 3 is 2.56 bits per heavy atom. The van der Waals surface area contributed by atoms with Crippen molar-refractivity contribution in [3.63, 3.8) is 0 Å². The summed E-state index contributed by atoms with van der Waals surface area (Å²) in [4.78, 5) is 24.4. The highest BCUT2D eigenvalue weighted by Gasteiger charge is 2.65. The van der Waals surface area contributed by atoms with Gasteiger partial charge in [0.2, 0.25) is 5.91 Å². The third kappa shape index (κ3) is 3.69. The van der Waals surface area contributed by atoms with Crippen LogP contribution in [0.15, 0.2) is 16.8 Å². The molecule has 0 aromatic heterocycles. The predicted molar refractivity (Wildman–Crippen MR) is 127 cm³/mol. The molecule has 0 heterocycles. The maximum atomic E-state index is 12.4. The van der Waals surface area contributed by atoms with Crippen LogP contribution in [-0.4, -0.2) is 28.1 Å². The number of allylic oxidation sites excluding steroid dienone is 2. The van der Waals surface area contributed by atoms with E-state index >= 15 is 0 Å². The van der Waals surface area contributed by atoms with Crippen LogP contribution < -0.4 is 5.43 Å². The number of nitrogens with zero attached hydrogens (tertiary/aromatic N) is 1. The number of hydrogen-bond donors (Lipinski definition) is 2. The summed E-state index contributed by atoms with van der Waals surface area (Å²) in [6.07, 6.45) is 13.7. The van der Waals surface area contributed by atoms with Gasteiger partial charge in [-0.25, -0.2) is 5.43 Å². The van der Waals surface area contributed by atoms with Crippen molar-refractivity contribution in [2.24, 2.45) is 33.7 Å². The van der Waals surface area contributed by atoms with Crippen molar-refractivity contribution in [3.8, 4) is 0 Å². The molecule has 4 rings (SSSR count). The van der Waals surface area contributed by atoms with E-state index in [9.17, 15) is 14.7 Å². The molecule has 4 aliphatic carbocycles. The van der Waals surface area contributed by atoms with Gasteiger partial charge in [-0.1, -0.05) is 39.2 Å². The molecule has 0 aromatic rings. The zero-order chi connectivity index (χ0) is 23.1. The minimum absolute atomic E-state index is 0.0205. The summed E-state index contributed by atoms with van der Waals surface area (Å²) in [5.74, 6) is 1.61. The Kier molecular flexibility index (Phi) is 6.43. The van der Waals surface area contributed by atoms with Gasteiger partial charge in [0.1, 0.15) is 5.60 Å². The molecule has 0 aromatic carbocycles. The Balaban J connectivity index is 1.48. The second-order valence-electron chi connectivity index (χ2n) is 11.5. The SMILES string of the molecule is CCCCCC(=O)NN=C1C=C2CC[C@@H]3[C@H](CC[C@@]4(C)[C@H]3CC[C@]4(O)C(C)=O)[C@@]2(C)CC1. The Bertz CT molecular complexity index is 833. The highest BCUT2D eigenvalue weighted by Crippen LogP contribution is 2.67. The van der Waals surface area contributed by atoms with Crippen LogP contribution in [0.25, 0.3) is 0 Å². The summed E-state index contributed by atoms with van der Waals surface area (Å²) in [5.41, 5.74) is 4.03. The highest BCUT2D eigenvalue weighted by molar-refractivity contribution is 5.97. The van der Waals surface area contributed by atoms with Crippen molar-refractivity contribution in [3.05, 3.63) is 11.6 Å². The van der Waals surface area contributed by atoms with Crippen LogP contribution >= 0.6 is 0 Å². The van der Waals surface area contributed by atoms with Crippen molar-refractivity contribution in [1.82, 2.24) is 5.43 Å². The van der Waals surface area contributed by atoms with E-state index in [1.54, 1.807) is 6.92 Å². The summed E-state index contributed by atoms with van der Waals surface area (Å²) in [6, 6.07) is 0. The van der Waals surface area contributed by atoms with Crippen LogP contribution in [-0.2, 0) is 9.59 Å².